The van der Waals surface area contributed by atoms with E-state index in [1.807, 2.05) is 12.1 Å². The molecule has 0 atom stereocenters. The molecule has 5 nitrogen and oxygen atoms in total. The topological polar surface area (TPSA) is 79.2 Å². The number of nitrogens with zero attached hydrogens (tertiary/aromatic N) is 1. The maximum Gasteiger partial charge on any atom is 0.346 e. The maximum absolute atomic E-state index is 14.0. The fourth-order valence-corrected chi connectivity index (χ4v) is 2.58. The Kier molecular flexibility index (Phi) is 5.47. The molecule has 3 aromatic rings. The lowest BCUT2D eigenvalue weighted by Gasteiger charge is -2.09. The zero-order valence-electron chi connectivity index (χ0n) is 14.9. The van der Waals surface area contributed by atoms with Crippen LogP contribution in [0.4, 0.5) is 10.1 Å². The van der Waals surface area contributed by atoms with Crippen molar-refractivity contribution in [2.75, 3.05) is 5.32 Å². The molecule has 0 unspecified atom stereocenters. The van der Waals surface area contributed by atoms with Gasteiger partial charge in [0.25, 0.3) is 0 Å². The molecule has 6 heteroatoms. The van der Waals surface area contributed by atoms with E-state index in [0.29, 0.717) is 11.3 Å². The fraction of sp³-hybridized carbons (Fsp3) is 0.0455. The molecule has 3 aromatic carbocycles. The molecular weight excluding hydrogens is 359 g/mol. The van der Waals surface area contributed by atoms with Gasteiger partial charge in [-0.15, -0.1) is 0 Å². The van der Waals surface area contributed by atoms with Crippen molar-refractivity contribution in [1.82, 2.24) is 0 Å². The third-order valence-electron chi connectivity index (χ3n) is 3.92. The lowest BCUT2D eigenvalue weighted by atomic mass is 10.0. The van der Waals surface area contributed by atoms with Crippen LogP contribution < -0.4 is 10.1 Å². The molecule has 0 spiro atoms. The van der Waals surface area contributed by atoms with Gasteiger partial charge in [0.1, 0.15) is 11.6 Å². The number of rotatable bonds is 4. The van der Waals surface area contributed by atoms with Crippen LogP contribution in [0.25, 0.3) is 11.1 Å². The minimum absolute atomic E-state index is 0.256. The number of hydrogen-bond donors (Lipinski definition) is 1. The van der Waals surface area contributed by atoms with Gasteiger partial charge < -0.3 is 10.1 Å². The van der Waals surface area contributed by atoms with Crippen molar-refractivity contribution in [3.8, 4) is 22.9 Å². The Bertz CT molecular complexity index is 1070. The number of hydrogen-bond acceptors (Lipinski definition) is 4. The van der Waals surface area contributed by atoms with Crippen molar-refractivity contribution >= 4 is 17.6 Å². The molecule has 0 aliphatic heterocycles. The second kappa shape index (κ2) is 8.14. The van der Waals surface area contributed by atoms with Crippen molar-refractivity contribution in [2.45, 2.75) is 6.92 Å². The third kappa shape index (κ3) is 4.40. The number of amides is 1. The van der Waals surface area contributed by atoms with Crippen LogP contribution in [0.5, 0.6) is 5.75 Å². The Labute approximate surface area is 161 Å². The van der Waals surface area contributed by atoms with Crippen LogP contribution in [-0.2, 0) is 4.79 Å². The summed E-state index contributed by atoms with van der Waals surface area (Å²) in [7, 11) is 0. The maximum atomic E-state index is 14.0. The Morgan fingerprint density at radius 2 is 1.57 bits per heavy atom. The molecule has 3 rings (SSSR count). The molecule has 0 fully saturated rings. The van der Waals surface area contributed by atoms with Crippen LogP contribution in [0, 0.1) is 17.1 Å². The molecule has 0 aromatic heterocycles. The van der Waals surface area contributed by atoms with E-state index in [-0.39, 0.29) is 17.2 Å². The van der Waals surface area contributed by atoms with E-state index in [1.165, 1.54) is 19.1 Å². The Morgan fingerprint density at radius 1 is 0.964 bits per heavy atom. The molecule has 0 radical (unpaired) electrons. The molecule has 1 amide bonds. The second-order valence-electron chi connectivity index (χ2n) is 5.98. The zero-order chi connectivity index (χ0) is 20.1. The number of anilines is 1. The summed E-state index contributed by atoms with van der Waals surface area (Å²) in [5, 5.41) is 11.3. The first-order chi connectivity index (χ1) is 13.5. The molecule has 0 heterocycles. The van der Waals surface area contributed by atoms with Gasteiger partial charge in [-0.3, -0.25) is 4.79 Å². The molecular formula is C22H15FN2O3. The number of carbonyl (C=O) groups is 2. The second-order valence-corrected chi connectivity index (χ2v) is 5.98. The predicted molar refractivity (Wildman–Crippen MR) is 102 cm³/mol. The van der Waals surface area contributed by atoms with Crippen molar-refractivity contribution in [2.24, 2.45) is 0 Å². The van der Waals surface area contributed by atoms with Crippen LogP contribution in [0.1, 0.15) is 22.8 Å². The number of carbonyl (C=O) groups excluding carboxylic acids is 2. The van der Waals surface area contributed by atoms with Gasteiger partial charge in [0.05, 0.1) is 17.2 Å². The molecule has 1 N–H and O–H groups in total. The summed E-state index contributed by atoms with van der Waals surface area (Å²) in [6.07, 6.45) is 0. The average Bonchev–Trinajstić information content (AvgIpc) is 2.69. The Morgan fingerprint density at radius 3 is 2.14 bits per heavy atom. The van der Waals surface area contributed by atoms with Crippen molar-refractivity contribution in [3.63, 3.8) is 0 Å². The molecule has 28 heavy (non-hydrogen) atoms. The average molecular weight is 374 g/mol. The number of benzene rings is 3. The molecule has 0 saturated heterocycles. The number of nitrogens with one attached hydrogen (secondary N) is 1. The van der Waals surface area contributed by atoms with E-state index < -0.39 is 11.8 Å². The van der Waals surface area contributed by atoms with Gasteiger partial charge in [-0.1, -0.05) is 24.3 Å². The van der Waals surface area contributed by atoms with Crippen molar-refractivity contribution in [3.05, 3.63) is 83.7 Å². The minimum Gasteiger partial charge on any atom is -0.423 e. The number of nitriles is 1. The minimum atomic E-state index is -0.865. The van der Waals surface area contributed by atoms with E-state index in [0.717, 1.165) is 17.2 Å². The van der Waals surface area contributed by atoms with Crippen LogP contribution >= 0.6 is 0 Å². The summed E-state index contributed by atoms with van der Waals surface area (Å²) < 4.78 is 19.2. The Balaban J connectivity index is 1.76. The standard InChI is InChI=1S/C22H15FN2O3/c1-14(26)25-18-8-11-21(23)20(12-18)22(27)28-19-9-6-17(7-10-19)16-4-2-15(13-24)3-5-16/h2-12H,1H3,(H,25,26). The van der Waals surface area contributed by atoms with Gasteiger partial charge in [0.15, 0.2) is 0 Å². The smallest absolute Gasteiger partial charge is 0.346 e. The van der Waals surface area contributed by atoms with Crippen LogP contribution in [0.15, 0.2) is 66.7 Å². The van der Waals surface area contributed by atoms with Crippen molar-refractivity contribution in [1.29, 1.82) is 5.26 Å². The predicted octanol–water partition coefficient (Wildman–Crippen LogP) is 4.54. The molecule has 0 aliphatic carbocycles. The van der Waals surface area contributed by atoms with Gasteiger partial charge in [-0.05, 0) is 53.6 Å². The molecule has 0 bridgehead atoms. The van der Waals surface area contributed by atoms with E-state index in [1.54, 1.807) is 36.4 Å². The number of halogens is 1. The highest BCUT2D eigenvalue weighted by Gasteiger charge is 2.15. The third-order valence-corrected chi connectivity index (χ3v) is 3.92. The van der Waals surface area contributed by atoms with Gasteiger partial charge in [-0.25, -0.2) is 9.18 Å². The summed E-state index contributed by atoms with van der Waals surface area (Å²) in [6.45, 7) is 1.32. The molecule has 138 valence electrons. The van der Waals surface area contributed by atoms with E-state index in [4.69, 9.17) is 10.00 Å². The van der Waals surface area contributed by atoms with E-state index in [2.05, 4.69) is 11.4 Å². The van der Waals surface area contributed by atoms with Gasteiger partial charge >= 0.3 is 5.97 Å². The van der Waals surface area contributed by atoms with Gasteiger partial charge in [0, 0.05) is 12.6 Å². The van der Waals surface area contributed by atoms with Gasteiger partial charge in [0.2, 0.25) is 5.91 Å². The first-order valence-corrected chi connectivity index (χ1v) is 8.36. The lowest BCUT2D eigenvalue weighted by molar-refractivity contribution is -0.114. The lowest BCUT2D eigenvalue weighted by Crippen LogP contribution is -2.12. The quantitative estimate of drug-likeness (QED) is 0.537. The SMILES string of the molecule is CC(=O)Nc1ccc(F)c(C(=O)Oc2ccc(-c3ccc(C#N)cc3)cc2)c1. The molecule has 0 saturated carbocycles. The summed E-state index contributed by atoms with van der Waals surface area (Å²) in [4.78, 5) is 23.4. The van der Waals surface area contributed by atoms with E-state index >= 15 is 0 Å². The number of esters is 1. The van der Waals surface area contributed by atoms with Crippen LogP contribution in [0.2, 0.25) is 0 Å². The van der Waals surface area contributed by atoms with E-state index in [9.17, 15) is 14.0 Å². The highest BCUT2D eigenvalue weighted by Crippen LogP contribution is 2.24. The first-order valence-electron chi connectivity index (χ1n) is 8.36. The summed E-state index contributed by atoms with van der Waals surface area (Å²) >= 11 is 0. The first kappa shape index (κ1) is 18.8. The molecule has 0 aliphatic rings. The monoisotopic (exact) mass is 374 g/mol. The summed E-state index contributed by atoms with van der Waals surface area (Å²) in [6, 6.07) is 19.5. The van der Waals surface area contributed by atoms with Gasteiger partial charge in [-0.2, -0.15) is 5.26 Å². The Hall–Kier alpha value is -3.98. The van der Waals surface area contributed by atoms with Crippen molar-refractivity contribution < 1.29 is 18.7 Å². The fourth-order valence-electron chi connectivity index (χ4n) is 2.58. The highest BCUT2D eigenvalue weighted by molar-refractivity contribution is 5.95. The van der Waals surface area contributed by atoms with Crippen LogP contribution in [0.3, 0.4) is 0 Å². The largest absolute Gasteiger partial charge is 0.423 e. The summed E-state index contributed by atoms with van der Waals surface area (Å²) in [5.41, 5.74) is 2.38. The highest BCUT2D eigenvalue weighted by atomic mass is 19.1. The van der Waals surface area contributed by atoms with Crippen LogP contribution in [-0.4, -0.2) is 11.9 Å². The normalized spacial score (nSPS) is 10.0. The summed E-state index contributed by atoms with van der Waals surface area (Å²) in [5.74, 6) is -1.68. The number of ether oxygens (including phenoxy) is 1. The zero-order valence-corrected chi connectivity index (χ0v) is 14.9.